The van der Waals surface area contributed by atoms with E-state index < -0.39 is 32.5 Å². The molecule has 0 aliphatic carbocycles. The lowest BCUT2D eigenvalue weighted by Gasteiger charge is -2.19. The van der Waals surface area contributed by atoms with E-state index in [1.165, 1.54) is 64.2 Å². The Bertz CT molecular complexity index is 1050. The van der Waals surface area contributed by atoms with Crippen molar-refractivity contribution < 1.29 is 37.6 Å². The van der Waals surface area contributed by atoms with Gasteiger partial charge in [-0.05, 0) is 77.0 Å². The van der Waals surface area contributed by atoms with Crippen LogP contribution < -0.4 is 5.73 Å². The van der Waals surface area contributed by atoms with E-state index in [2.05, 4.69) is 74.6 Å². The van der Waals surface area contributed by atoms with Crippen molar-refractivity contribution in [1.82, 2.24) is 0 Å². The van der Waals surface area contributed by atoms with E-state index in [1.807, 2.05) is 0 Å². The lowest BCUT2D eigenvalue weighted by Crippen LogP contribution is -2.29. The monoisotopic (exact) mass is 766 g/mol. The molecule has 0 fully saturated rings. The van der Waals surface area contributed by atoms with Crippen LogP contribution in [0.25, 0.3) is 0 Å². The highest BCUT2D eigenvalue weighted by molar-refractivity contribution is 7.47. The first-order valence-electron chi connectivity index (χ1n) is 20.8. The summed E-state index contributed by atoms with van der Waals surface area (Å²) in [4.78, 5) is 34.8. The van der Waals surface area contributed by atoms with Crippen LogP contribution >= 0.6 is 7.82 Å². The van der Waals surface area contributed by atoms with Gasteiger partial charge in [0.05, 0.1) is 13.2 Å². The first-order chi connectivity index (χ1) is 25.8. The highest BCUT2D eigenvalue weighted by Gasteiger charge is 2.25. The van der Waals surface area contributed by atoms with Gasteiger partial charge in [0, 0.05) is 19.4 Å². The molecule has 0 amide bonds. The van der Waals surface area contributed by atoms with E-state index in [0.29, 0.717) is 12.8 Å². The Balaban J connectivity index is 4.25. The molecule has 0 bridgehead atoms. The van der Waals surface area contributed by atoms with E-state index in [9.17, 15) is 19.0 Å². The largest absolute Gasteiger partial charge is 0.472 e. The Hall–Kier alpha value is -2.29. The highest BCUT2D eigenvalue weighted by atomic mass is 31.2. The number of allylic oxidation sites excluding steroid dienone is 10. The summed E-state index contributed by atoms with van der Waals surface area (Å²) in [6.07, 6.45) is 45.4. The molecule has 2 atom stereocenters. The normalized spacial score (nSPS) is 14.0. The SMILES string of the molecule is CCC=CCC=CCC=CCC=CCCCCC(=O)OC[C@H](COP(=O)(O)OCCN)OC(=O)CCCCCCCCCC=CCCCCCCCC. The molecule has 0 aromatic carbocycles. The zero-order chi connectivity index (χ0) is 38.9. The number of esters is 2. The Kier molecular flexibility index (Phi) is 37.7. The Morgan fingerprint density at radius 2 is 1.04 bits per heavy atom. The summed E-state index contributed by atoms with van der Waals surface area (Å²) < 4.78 is 32.7. The zero-order valence-electron chi connectivity index (χ0n) is 33.5. The third kappa shape index (κ3) is 39.2. The molecule has 0 aliphatic heterocycles. The summed E-state index contributed by atoms with van der Waals surface area (Å²) >= 11 is 0. The number of phosphoric acid groups is 1. The molecule has 9 nitrogen and oxygen atoms in total. The van der Waals surface area contributed by atoms with Crippen molar-refractivity contribution in [1.29, 1.82) is 0 Å². The second-order valence-corrected chi connectivity index (χ2v) is 14.9. The van der Waals surface area contributed by atoms with Gasteiger partial charge in [-0.1, -0.05) is 139 Å². The van der Waals surface area contributed by atoms with Crippen LogP contribution in [0.2, 0.25) is 0 Å². The van der Waals surface area contributed by atoms with E-state index in [4.69, 9.17) is 24.3 Å². The van der Waals surface area contributed by atoms with Gasteiger partial charge in [-0.25, -0.2) is 4.57 Å². The third-order valence-electron chi connectivity index (χ3n) is 8.39. The lowest BCUT2D eigenvalue weighted by atomic mass is 10.1. The quantitative estimate of drug-likeness (QED) is 0.0272. The maximum absolute atomic E-state index is 12.6. The summed E-state index contributed by atoms with van der Waals surface area (Å²) in [7, 11) is -4.39. The Morgan fingerprint density at radius 1 is 0.585 bits per heavy atom. The minimum absolute atomic E-state index is 0.0446. The van der Waals surface area contributed by atoms with Crippen LogP contribution in [-0.2, 0) is 32.7 Å². The first kappa shape index (κ1) is 50.7. The van der Waals surface area contributed by atoms with E-state index in [1.54, 1.807) is 0 Å². The Morgan fingerprint density at radius 3 is 1.60 bits per heavy atom. The number of rotatable bonds is 38. The molecule has 0 aliphatic rings. The van der Waals surface area contributed by atoms with Crippen molar-refractivity contribution in [2.24, 2.45) is 5.73 Å². The number of unbranched alkanes of at least 4 members (excludes halogenated alkanes) is 15. The van der Waals surface area contributed by atoms with Crippen molar-refractivity contribution in [3.05, 3.63) is 60.8 Å². The van der Waals surface area contributed by atoms with Gasteiger partial charge >= 0.3 is 19.8 Å². The van der Waals surface area contributed by atoms with Gasteiger partial charge in [-0.3, -0.25) is 18.6 Å². The van der Waals surface area contributed by atoms with E-state index in [0.717, 1.165) is 64.2 Å². The van der Waals surface area contributed by atoms with Crippen LogP contribution in [0.3, 0.4) is 0 Å². The summed E-state index contributed by atoms with van der Waals surface area (Å²) in [5.74, 6) is -0.886. The van der Waals surface area contributed by atoms with E-state index >= 15 is 0 Å². The second-order valence-electron chi connectivity index (χ2n) is 13.5. The molecule has 0 aromatic rings. The molecule has 53 heavy (non-hydrogen) atoms. The zero-order valence-corrected chi connectivity index (χ0v) is 34.4. The minimum Gasteiger partial charge on any atom is -0.462 e. The molecule has 0 saturated carbocycles. The van der Waals surface area contributed by atoms with Crippen LogP contribution in [0.1, 0.15) is 168 Å². The fraction of sp³-hybridized carbons (Fsp3) is 0.721. The number of phosphoric ester groups is 1. The molecule has 3 N–H and O–H groups in total. The minimum atomic E-state index is -4.39. The van der Waals surface area contributed by atoms with Gasteiger partial charge in [0.25, 0.3) is 0 Å². The average Bonchev–Trinajstić information content (AvgIpc) is 3.14. The molecule has 0 rings (SSSR count). The topological polar surface area (TPSA) is 134 Å². The van der Waals surface area contributed by atoms with E-state index in [-0.39, 0.29) is 32.6 Å². The molecular weight excluding hydrogens is 689 g/mol. The number of carbonyl (C=O) groups excluding carboxylic acids is 2. The fourth-order valence-corrected chi connectivity index (χ4v) is 6.09. The second kappa shape index (κ2) is 39.4. The molecular formula is C43H76NO8P. The number of ether oxygens (including phenoxy) is 2. The predicted molar refractivity (Wildman–Crippen MR) is 219 cm³/mol. The van der Waals surface area contributed by atoms with Crippen molar-refractivity contribution in [2.75, 3.05) is 26.4 Å². The molecule has 0 aromatic heterocycles. The molecule has 10 heteroatoms. The van der Waals surface area contributed by atoms with Crippen molar-refractivity contribution in [2.45, 2.75) is 174 Å². The van der Waals surface area contributed by atoms with Crippen LogP contribution in [0.4, 0.5) is 0 Å². The van der Waals surface area contributed by atoms with Gasteiger partial charge < -0.3 is 20.1 Å². The van der Waals surface area contributed by atoms with Gasteiger partial charge in [0.2, 0.25) is 0 Å². The number of nitrogens with two attached hydrogens (primary N) is 1. The molecule has 306 valence electrons. The standard InChI is InChI=1S/C43H76NO8P/c1-3-5-7-9-11-13-15-17-19-20-22-24-26-28-30-32-34-36-43(46)52-41(40-51-53(47,48)50-38-37-44)39-49-42(45)35-33-31-29-27-25-23-21-18-16-14-12-10-8-6-4-2/h6,8,12,14,17-19,21,25,27,41H,3-5,7,9-11,13,15-16,20,22-24,26,28-40,44H2,1-2H3,(H,47,48)/t41-/m1/s1. The van der Waals surface area contributed by atoms with Crippen LogP contribution in [0.5, 0.6) is 0 Å². The fourth-order valence-electron chi connectivity index (χ4n) is 5.32. The predicted octanol–water partition coefficient (Wildman–Crippen LogP) is 11.7. The molecule has 0 radical (unpaired) electrons. The van der Waals surface area contributed by atoms with Crippen molar-refractivity contribution >= 4 is 19.8 Å². The maximum atomic E-state index is 12.6. The lowest BCUT2D eigenvalue weighted by molar-refractivity contribution is -0.161. The van der Waals surface area contributed by atoms with Crippen LogP contribution in [-0.4, -0.2) is 49.3 Å². The summed E-state index contributed by atoms with van der Waals surface area (Å²) in [6, 6.07) is 0. The first-order valence-corrected chi connectivity index (χ1v) is 22.3. The number of hydrogen-bond donors (Lipinski definition) is 2. The molecule has 1 unspecified atom stereocenters. The van der Waals surface area contributed by atoms with Crippen LogP contribution in [0.15, 0.2) is 60.8 Å². The number of carbonyl (C=O) groups is 2. The molecule has 0 spiro atoms. The average molecular weight is 766 g/mol. The van der Waals surface area contributed by atoms with Crippen molar-refractivity contribution in [3.8, 4) is 0 Å². The van der Waals surface area contributed by atoms with Crippen molar-refractivity contribution in [3.63, 3.8) is 0 Å². The van der Waals surface area contributed by atoms with Gasteiger partial charge in [0.1, 0.15) is 6.61 Å². The highest BCUT2D eigenvalue weighted by Crippen LogP contribution is 2.43. The molecule has 0 saturated heterocycles. The van der Waals surface area contributed by atoms with Crippen LogP contribution in [0, 0.1) is 0 Å². The summed E-state index contributed by atoms with van der Waals surface area (Å²) in [5.41, 5.74) is 5.34. The van der Waals surface area contributed by atoms with Gasteiger partial charge in [0.15, 0.2) is 6.10 Å². The van der Waals surface area contributed by atoms with Gasteiger partial charge in [-0.2, -0.15) is 0 Å². The number of hydrogen-bond acceptors (Lipinski definition) is 8. The van der Waals surface area contributed by atoms with Gasteiger partial charge in [-0.15, -0.1) is 0 Å². The smallest absolute Gasteiger partial charge is 0.462 e. The molecule has 0 heterocycles. The summed E-state index contributed by atoms with van der Waals surface area (Å²) in [6.45, 7) is 3.55. The third-order valence-corrected chi connectivity index (χ3v) is 9.37. The maximum Gasteiger partial charge on any atom is 0.472 e. The summed E-state index contributed by atoms with van der Waals surface area (Å²) in [5, 5.41) is 0. The Labute approximate surface area is 323 Å².